The van der Waals surface area contributed by atoms with E-state index in [1.807, 2.05) is 0 Å². The number of hydrogen-bond donors (Lipinski definition) is 1. The van der Waals surface area contributed by atoms with Gasteiger partial charge >= 0.3 is 31.0 Å². The second-order valence-corrected chi connectivity index (χ2v) is 3.35. The van der Waals surface area contributed by atoms with Crippen LogP contribution in [0.1, 0.15) is 0 Å². The van der Waals surface area contributed by atoms with Crippen LogP contribution in [0.3, 0.4) is 0 Å². The summed E-state index contributed by atoms with van der Waals surface area (Å²) in [6, 6.07) is 0. The van der Waals surface area contributed by atoms with E-state index in [9.17, 15) is 0 Å². The van der Waals surface area contributed by atoms with Crippen molar-refractivity contribution >= 4 is 21.1 Å². The Hall–Kier alpha value is 0.759. The summed E-state index contributed by atoms with van der Waals surface area (Å²) in [6.45, 7) is 0. The molecule has 0 spiro atoms. The molecule has 2 heteroatoms. The molecule has 0 saturated heterocycles. The fourth-order valence-electron chi connectivity index (χ4n) is 0. The summed E-state index contributed by atoms with van der Waals surface area (Å²) in [4.78, 5) is 4.59. The average molecular weight is 181 g/mol. The van der Waals surface area contributed by atoms with E-state index in [0.717, 1.165) is 7.11 Å². The predicted octanol–water partition coefficient (Wildman–Crippen LogP) is 0.395. The summed E-state index contributed by atoms with van der Waals surface area (Å²) in [6.07, 6.45) is 0. The van der Waals surface area contributed by atoms with E-state index in [1.54, 1.807) is 0 Å². The Morgan fingerprint density at radius 3 is 1.20 bits per heavy atom. The van der Waals surface area contributed by atoms with Gasteiger partial charge in [-0.3, -0.25) is 0 Å². The van der Waals surface area contributed by atoms with E-state index in [0.29, 0.717) is 0 Å². The minimum atomic E-state index is 0.230. The normalized spacial score (nSPS) is 4.80. The summed E-state index contributed by atoms with van der Waals surface area (Å²) >= 11 is 0.230. The third kappa shape index (κ3) is 62.9. The number of hydrogen-bond acceptors (Lipinski definition) is 1. The molecule has 2 radical (unpaired) electrons. The van der Waals surface area contributed by atoms with E-state index in [1.165, 1.54) is 0 Å². The van der Waals surface area contributed by atoms with Gasteiger partial charge in [-0.15, -0.1) is 0 Å². The van der Waals surface area contributed by atoms with Gasteiger partial charge < -0.3 is 5.11 Å². The Morgan fingerprint density at radius 2 is 1.20 bits per heavy atom. The van der Waals surface area contributed by atoms with Crippen LogP contribution in [0.15, 0.2) is 0 Å². The first kappa shape index (κ1) is 9.23. The molecule has 0 aliphatic rings. The van der Waals surface area contributed by atoms with Gasteiger partial charge in [0.15, 0.2) is 0 Å². The van der Waals surface area contributed by atoms with E-state index in [4.69, 9.17) is 5.11 Å². The third-order valence-corrected chi connectivity index (χ3v) is 0. The topological polar surface area (TPSA) is 20.2 Å². The molecule has 0 aromatic carbocycles. The monoisotopic (exact) mass is 182 g/mol. The Bertz CT molecular complexity index is 6.85. The van der Waals surface area contributed by atoms with Crippen LogP contribution in [0.2, 0.25) is 9.88 Å². The van der Waals surface area contributed by atoms with Crippen molar-refractivity contribution in [1.82, 2.24) is 0 Å². The van der Waals surface area contributed by atoms with Gasteiger partial charge in [-0.25, -0.2) is 0 Å². The molecule has 0 rings (SSSR count). The predicted molar refractivity (Wildman–Crippen MR) is 25.6 cm³/mol. The molecule has 5 heavy (non-hydrogen) atoms. The number of aliphatic hydroxyl groups is 1. The quantitative estimate of drug-likeness (QED) is 0.536. The van der Waals surface area contributed by atoms with Gasteiger partial charge in [-0.1, -0.05) is 0 Å². The summed E-state index contributed by atoms with van der Waals surface area (Å²) in [7, 11) is 1.00. The van der Waals surface area contributed by atoms with Crippen molar-refractivity contribution in [1.29, 1.82) is 0 Å². The van der Waals surface area contributed by atoms with Crippen LogP contribution in [0.5, 0.6) is 0 Å². The molecule has 0 aromatic rings. The minimum absolute atomic E-state index is 0.230. The molecule has 0 unspecified atom stereocenters. The molecule has 0 heterocycles. The SMILES string of the molecule is CO.[CH3][Sn][CH3]. The molecule has 0 aromatic heterocycles. The van der Waals surface area contributed by atoms with Crippen LogP contribution in [-0.2, 0) is 0 Å². The summed E-state index contributed by atoms with van der Waals surface area (Å²) in [5.74, 6) is 0. The van der Waals surface area contributed by atoms with Crippen LogP contribution in [0.25, 0.3) is 0 Å². The summed E-state index contributed by atoms with van der Waals surface area (Å²) in [5, 5.41) is 7.00. The van der Waals surface area contributed by atoms with Gasteiger partial charge in [0.1, 0.15) is 0 Å². The Balaban J connectivity index is 0. The molecule has 0 saturated carbocycles. The molecule has 1 N–H and O–H groups in total. The second-order valence-electron chi connectivity index (χ2n) is 0.500. The fraction of sp³-hybridized carbons (Fsp3) is 1.00. The molecular weight excluding hydrogens is 171 g/mol. The van der Waals surface area contributed by atoms with Crippen LogP contribution in [0.4, 0.5) is 0 Å². The van der Waals surface area contributed by atoms with Crippen molar-refractivity contribution in [3.05, 3.63) is 0 Å². The zero-order valence-electron chi connectivity index (χ0n) is 3.95. The second kappa shape index (κ2) is 21.7. The van der Waals surface area contributed by atoms with E-state index in [2.05, 4.69) is 9.88 Å². The molecule has 0 bridgehead atoms. The van der Waals surface area contributed by atoms with Gasteiger partial charge in [0.05, 0.1) is 0 Å². The Morgan fingerprint density at radius 1 is 1.20 bits per heavy atom. The van der Waals surface area contributed by atoms with Gasteiger partial charge in [0, 0.05) is 7.11 Å². The van der Waals surface area contributed by atoms with Crippen molar-refractivity contribution < 1.29 is 5.11 Å². The first-order valence-corrected chi connectivity index (χ1v) is 7.16. The molecule has 0 fully saturated rings. The summed E-state index contributed by atoms with van der Waals surface area (Å²) < 4.78 is 0. The molecular formula is C3H10OSn. The molecule has 0 aliphatic carbocycles. The maximum absolute atomic E-state index is 7.00. The van der Waals surface area contributed by atoms with Gasteiger partial charge in [0.25, 0.3) is 0 Å². The van der Waals surface area contributed by atoms with E-state index < -0.39 is 0 Å². The molecule has 0 aliphatic heterocycles. The average Bonchev–Trinajstić information content (AvgIpc) is 1.46. The van der Waals surface area contributed by atoms with Crippen molar-refractivity contribution in [2.24, 2.45) is 0 Å². The Labute approximate surface area is 43.6 Å². The van der Waals surface area contributed by atoms with Crippen molar-refractivity contribution in [3.63, 3.8) is 0 Å². The molecule has 0 amide bonds. The van der Waals surface area contributed by atoms with Crippen molar-refractivity contribution in [2.75, 3.05) is 7.11 Å². The first-order valence-electron chi connectivity index (χ1n) is 1.45. The van der Waals surface area contributed by atoms with E-state index in [-0.39, 0.29) is 21.1 Å². The van der Waals surface area contributed by atoms with Crippen LogP contribution in [0, 0.1) is 0 Å². The first-order chi connectivity index (χ1) is 2.41. The van der Waals surface area contributed by atoms with Crippen LogP contribution in [-0.4, -0.2) is 33.4 Å². The maximum atomic E-state index is 7.00. The van der Waals surface area contributed by atoms with Crippen molar-refractivity contribution in [3.8, 4) is 0 Å². The molecule has 32 valence electrons. The fourth-order valence-corrected chi connectivity index (χ4v) is 0. The zero-order valence-corrected chi connectivity index (χ0v) is 6.80. The van der Waals surface area contributed by atoms with Gasteiger partial charge in [0.2, 0.25) is 0 Å². The van der Waals surface area contributed by atoms with Crippen LogP contribution >= 0.6 is 0 Å². The van der Waals surface area contributed by atoms with E-state index >= 15 is 0 Å². The molecule has 1 nitrogen and oxygen atoms in total. The zero-order chi connectivity index (χ0) is 4.71. The number of rotatable bonds is 0. The standard InChI is InChI=1S/CH4O.2CH3.Sn/c1-2;;;/h2H,1H3;2*1H3;. The third-order valence-electron chi connectivity index (χ3n) is 0. The summed E-state index contributed by atoms with van der Waals surface area (Å²) in [5.41, 5.74) is 0. The van der Waals surface area contributed by atoms with Gasteiger partial charge in [-0.05, 0) is 0 Å². The Kier molecular flexibility index (Phi) is 40.1. The van der Waals surface area contributed by atoms with Gasteiger partial charge in [-0.2, -0.15) is 0 Å². The van der Waals surface area contributed by atoms with Crippen molar-refractivity contribution in [2.45, 2.75) is 9.88 Å². The number of aliphatic hydroxyl groups excluding tert-OH is 1. The van der Waals surface area contributed by atoms with Crippen LogP contribution < -0.4 is 0 Å². The molecule has 0 atom stereocenters.